The molecular weight excluding hydrogens is 514 g/mol. The van der Waals surface area contributed by atoms with Crippen molar-refractivity contribution in [2.75, 3.05) is 20.3 Å². The van der Waals surface area contributed by atoms with Crippen molar-refractivity contribution in [3.8, 4) is 0 Å². The van der Waals surface area contributed by atoms with Gasteiger partial charge in [-0.05, 0) is 50.9 Å². The SMILES string of the molecule is CC.CC(O)CCCCCCC(C)CC(C)C(O)C(C)C1CCCCNC(=O)O1.CC1COC(=O)CC1O.CO. The number of esters is 1. The molecule has 0 spiro atoms. The first-order chi connectivity index (χ1) is 19.0. The molecule has 1 amide bonds. The van der Waals surface area contributed by atoms with Gasteiger partial charge in [-0.15, -0.1) is 0 Å². The van der Waals surface area contributed by atoms with E-state index in [0.29, 0.717) is 19.1 Å². The van der Waals surface area contributed by atoms with Gasteiger partial charge in [-0.1, -0.05) is 73.6 Å². The van der Waals surface area contributed by atoms with Gasteiger partial charge >= 0.3 is 12.1 Å². The van der Waals surface area contributed by atoms with Crippen molar-refractivity contribution in [3.63, 3.8) is 0 Å². The van der Waals surface area contributed by atoms with Gasteiger partial charge in [0.15, 0.2) is 0 Å². The number of ether oxygens (including phenoxy) is 2. The standard InChI is InChI=1S/C22H43NO4.C6H10O3.C2H6.CH4O/c1-16(11-7-5-6-8-12-18(3)24)15-17(2)21(25)19(4)20-13-9-10-14-23-22(26)27-20;1-4-3-9-6(8)2-5(4)7;2*1-2/h16-21,24-25H,5-15H2,1-4H3,(H,23,26);4-5,7H,2-3H2,1H3;1-2H3;2H,1H3. The Hall–Kier alpha value is -1.42. The third-order valence-corrected chi connectivity index (χ3v) is 7.53. The van der Waals surface area contributed by atoms with E-state index in [1.807, 2.05) is 34.6 Å². The summed E-state index contributed by atoms with van der Waals surface area (Å²) < 4.78 is 10.2. The lowest BCUT2D eigenvalue weighted by atomic mass is 9.82. The molecule has 0 aromatic carbocycles. The number of carbonyl (C=O) groups excluding carboxylic acids is 2. The molecule has 0 saturated carbocycles. The second-order valence-corrected chi connectivity index (χ2v) is 11.3. The number of amides is 1. The van der Waals surface area contributed by atoms with E-state index in [-0.39, 0.29) is 48.4 Å². The third-order valence-electron chi connectivity index (χ3n) is 7.53. The monoisotopic (exact) mass is 577 g/mol. The van der Waals surface area contributed by atoms with Crippen LogP contribution in [0.3, 0.4) is 0 Å². The average Bonchev–Trinajstić information content (AvgIpc) is 2.92. The minimum Gasteiger partial charge on any atom is -0.465 e. The largest absolute Gasteiger partial charge is 0.465 e. The van der Waals surface area contributed by atoms with Crippen molar-refractivity contribution < 1.29 is 39.5 Å². The molecule has 0 aromatic heterocycles. The van der Waals surface area contributed by atoms with Gasteiger partial charge < -0.3 is 35.2 Å². The van der Waals surface area contributed by atoms with Crippen LogP contribution in [0.2, 0.25) is 0 Å². The highest BCUT2D eigenvalue weighted by Crippen LogP contribution is 2.28. The molecule has 2 saturated heterocycles. The maximum atomic E-state index is 11.7. The highest BCUT2D eigenvalue weighted by atomic mass is 16.6. The summed E-state index contributed by atoms with van der Waals surface area (Å²) in [4.78, 5) is 22.2. The van der Waals surface area contributed by atoms with Gasteiger partial charge in [0.2, 0.25) is 0 Å². The van der Waals surface area contributed by atoms with E-state index in [0.717, 1.165) is 45.6 Å². The Morgan fingerprint density at radius 2 is 1.55 bits per heavy atom. The predicted octanol–water partition coefficient (Wildman–Crippen LogP) is 5.21. The van der Waals surface area contributed by atoms with Crippen molar-refractivity contribution in [2.45, 2.75) is 144 Å². The first kappa shape index (κ1) is 40.7. The molecule has 9 heteroatoms. The lowest BCUT2D eigenvalue weighted by Crippen LogP contribution is -2.41. The van der Waals surface area contributed by atoms with Crippen molar-refractivity contribution in [1.82, 2.24) is 5.32 Å². The molecular formula is C31H63NO8. The van der Waals surface area contributed by atoms with E-state index < -0.39 is 12.2 Å². The average molecular weight is 578 g/mol. The van der Waals surface area contributed by atoms with Crippen LogP contribution in [0.5, 0.6) is 0 Å². The minimum absolute atomic E-state index is 0.0449. The summed E-state index contributed by atoms with van der Waals surface area (Å²) in [5, 5.41) is 38.9. The van der Waals surface area contributed by atoms with Gasteiger partial charge in [-0.3, -0.25) is 4.79 Å². The van der Waals surface area contributed by atoms with Crippen LogP contribution in [0.4, 0.5) is 4.79 Å². The number of carbonyl (C=O) groups is 2. The molecule has 2 aliphatic rings. The van der Waals surface area contributed by atoms with Gasteiger partial charge in [0.05, 0.1) is 31.3 Å². The van der Waals surface area contributed by atoms with Crippen molar-refractivity contribution in [3.05, 3.63) is 0 Å². The molecule has 2 heterocycles. The lowest BCUT2D eigenvalue weighted by Gasteiger charge is -2.33. The number of rotatable bonds is 12. The fourth-order valence-electron chi connectivity index (χ4n) is 4.95. The Morgan fingerprint density at radius 1 is 0.950 bits per heavy atom. The number of alkyl carbamates (subject to hydrolysis) is 1. The first-order valence-electron chi connectivity index (χ1n) is 15.6. The quantitative estimate of drug-likeness (QED) is 0.157. The van der Waals surface area contributed by atoms with Gasteiger partial charge in [-0.25, -0.2) is 4.79 Å². The van der Waals surface area contributed by atoms with E-state index in [1.54, 1.807) is 0 Å². The lowest BCUT2D eigenvalue weighted by molar-refractivity contribution is -0.155. The maximum Gasteiger partial charge on any atom is 0.407 e. The molecule has 240 valence electrons. The Labute approximate surface area is 244 Å². The molecule has 40 heavy (non-hydrogen) atoms. The first-order valence-corrected chi connectivity index (χ1v) is 15.6. The van der Waals surface area contributed by atoms with E-state index in [4.69, 9.17) is 14.9 Å². The highest BCUT2D eigenvalue weighted by Gasteiger charge is 2.31. The molecule has 0 bridgehead atoms. The molecule has 0 aliphatic carbocycles. The molecule has 8 unspecified atom stereocenters. The Morgan fingerprint density at radius 3 is 2.10 bits per heavy atom. The summed E-state index contributed by atoms with van der Waals surface area (Å²) in [6, 6.07) is 0. The number of cyclic esters (lactones) is 2. The molecule has 8 atom stereocenters. The second-order valence-electron chi connectivity index (χ2n) is 11.3. The fraction of sp³-hybridized carbons (Fsp3) is 0.935. The van der Waals surface area contributed by atoms with E-state index in [9.17, 15) is 19.8 Å². The summed E-state index contributed by atoms with van der Waals surface area (Å²) in [6.45, 7) is 15.1. The molecule has 5 N–H and O–H groups in total. The van der Waals surface area contributed by atoms with Crippen molar-refractivity contribution in [2.24, 2.45) is 23.7 Å². The topological polar surface area (TPSA) is 146 Å². The summed E-state index contributed by atoms with van der Waals surface area (Å²) in [7, 11) is 1.00. The molecule has 2 rings (SSSR count). The number of hydrogen-bond acceptors (Lipinski definition) is 8. The summed E-state index contributed by atoms with van der Waals surface area (Å²) >= 11 is 0. The number of nitrogens with one attached hydrogen (secondary N) is 1. The zero-order valence-corrected chi connectivity index (χ0v) is 26.7. The van der Waals surface area contributed by atoms with Gasteiger partial charge in [0.25, 0.3) is 0 Å². The number of unbranched alkanes of at least 4 members (excludes halogenated alkanes) is 3. The van der Waals surface area contributed by atoms with Crippen LogP contribution in [-0.4, -0.2) is 77.2 Å². The molecule has 2 aliphatic heterocycles. The van der Waals surface area contributed by atoms with Crippen LogP contribution in [-0.2, 0) is 14.3 Å². The predicted molar refractivity (Wildman–Crippen MR) is 160 cm³/mol. The van der Waals surface area contributed by atoms with Crippen LogP contribution >= 0.6 is 0 Å². The smallest absolute Gasteiger partial charge is 0.407 e. The fourth-order valence-corrected chi connectivity index (χ4v) is 4.95. The van der Waals surface area contributed by atoms with Crippen LogP contribution in [0, 0.1) is 23.7 Å². The Bertz CT molecular complexity index is 618. The summed E-state index contributed by atoms with van der Waals surface area (Å²) in [6.07, 6.45) is 9.10. The van der Waals surface area contributed by atoms with E-state index in [2.05, 4.69) is 23.9 Å². The zero-order chi connectivity index (χ0) is 31.1. The Kier molecular flexibility index (Phi) is 25.8. The normalized spacial score (nSPS) is 24.6. The second kappa shape index (κ2) is 25.3. The maximum absolute atomic E-state index is 11.7. The zero-order valence-electron chi connectivity index (χ0n) is 26.7. The Balaban J connectivity index is 0. The van der Waals surface area contributed by atoms with Crippen LogP contribution in [0.15, 0.2) is 0 Å². The number of hydrogen-bond donors (Lipinski definition) is 5. The molecule has 2 fully saturated rings. The molecule has 9 nitrogen and oxygen atoms in total. The van der Waals surface area contributed by atoms with Crippen LogP contribution < -0.4 is 5.32 Å². The van der Waals surface area contributed by atoms with Crippen molar-refractivity contribution in [1.29, 1.82) is 0 Å². The third kappa shape index (κ3) is 19.6. The summed E-state index contributed by atoms with van der Waals surface area (Å²) in [5.74, 6) is 0.544. The van der Waals surface area contributed by atoms with Crippen LogP contribution in [0.25, 0.3) is 0 Å². The summed E-state index contributed by atoms with van der Waals surface area (Å²) in [5.41, 5.74) is 0. The van der Waals surface area contributed by atoms with Crippen molar-refractivity contribution >= 4 is 12.1 Å². The van der Waals surface area contributed by atoms with E-state index in [1.165, 1.54) is 25.7 Å². The van der Waals surface area contributed by atoms with Gasteiger partial charge in [0.1, 0.15) is 6.10 Å². The van der Waals surface area contributed by atoms with E-state index >= 15 is 0 Å². The van der Waals surface area contributed by atoms with Crippen LogP contribution in [0.1, 0.15) is 119 Å². The minimum atomic E-state index is -0.494. The van der Waals surface area contributed by atoms with Gasteiger partial charge in [-0.2, -0.15) is 0 Å². The number of aliphatic hydroxyl groups excluding tert-OH is 4. The number of aliphatic hydroxyl groups is 4. The molecule has 0 radical (unpaired) electrons. The van der Waals surface area contributed by atoms with Gasteiger partial charge in [0, 0.05) is 25.5 Å². The molecule has 0 aromatic rings. The highest BCUT2D eigenvalue weighted by molar-refractivity contribution is 5.70.